The Balaban J connectivity index is 1.88. The number of piperidine rings is 1. The first-order valence-corrected chi connectivity index (χ1v) is 11.7. The van der Waals surface area contributed by atoms with Gasteiger partial charge < -0.3 is 5.32 Å². The molecule has 8 nitrogen and oxygen atoms in total. The maximum Gasteiger partial charge on any atom is 0.271 e. The molecule has 1 aliphatic rings. The first kappa shape index (κ1) is 22.4. The number of sulfonamides is 1. The highest BCUT2D eigenvalue weighted by atomic mass is 79.9. The number of anilines is 1. The smallest absolute Gasteiger partial charge is 0.271 e. The molecule has 1 N–H and O–H groups in total. The molecule has 0 radical (unpaired) electrons. The fourth-order valence-corrected chi connectivity index (χ4v) is 6.31. The number of hydrogen-bond acceptors (Lipinski definition) is 5. The number of nitro benzene ring substituents is 1. The van der Waals surface area contributed by atoms with Crippen molar-refractivity contribution in [3.05, 3.63) is 62.6 Å². The van der Waals surface area contributed by atoms with Crippen molar-refractivity contribution in [2.75, 3.05) is 18.4 Å². The summed E-state index contributed by atoms with van der Waals surface area (Å²) < 4.78 is 28.3. The second kappa shape index (κ2) is 8.83. The standard InChI is InChI=1S/C20H22BrN3O5S/c1-13-8-14(2)12-23(11-13)30(28,29)19-9-15(6-7-18(19)21)20(25)22-16-4-3-5-17(10-16)24(26)27/h3-7,9-10,13-14H,8,11-12H2,1-2H3,(H,22,25)/t13-,14-/m0/s1. The van der Waals surface area contributed by atoms with Crippen molar-refractivity contribution >= 4 is 43.2 Å². The Morgan fingerprint density at radius 1 is 1.17 bits per heavy atom. The van der Waals surface area contributed by atoms with Crippen molar-refractivity contribution in [2.45, 2.75) is 25.2 Å². The topological polar surface area (TPSA) is 110 Å². The van der Waals surface area contributed by atoms with Crippen LogP contribution in [0.5, 0.6) is 0 Å². The Bertz CT molecular complexity index is 1080. The van der Waals surface area contributed by atoms with E-state index < -0.39 is 20.9 Å². The third kappa shape index (κ3) is 4.88. The zero-order valence-corrected chi connectivity index (χ0v) is 18.9. The number of non-ortho nitro benzene ring substituents is 1. The van der Waals surface area contributed by atoms with Crippen LogP contribution < -0.4 is 5.32 Å². The van der Waals surface area contributed by atoms with Gasteiger partial charge in [-0.05, 0) is 58.5 Å². The summed E-state index contributed by atoms with van der Waals surface area (Å²) in [4.78, 5) is 23.0. The van der Waals surface area contributed by atoms with Gasteiger partial charge in [-0.1, -0.05) is 19.9 Å². The molecule has 2 aromatic rings. The molecule has 1 fully saturated rings. The van der Waals surface area contributed by atoms with Crippen LogP contribution in [0.25, 0.3) is 0 Å². The van der Waals surface area contributed by atoms with Crippen LogP contribution in [0.3, 0.4) is 0 Å². The van der Waals surface area contributed by atoms with Crippen LogP contribution in [0, 0.1) is 22.0 Å². The van der Waals surface area contributed by atoms with Crippen molar-refractivity contribution < 1.29 is 18.1 Å². The lowest BCUT2D eigenvalue weighted by Crippen LogP contribution is -2.42. The summed E-state index contributed by atoms with van der Waals surface area (Å²) in [5.41, 5.74) is 0.238. The van der Waals surface area contributed by atoms with Crippen LogP contribution in [0.2, 0.25) is 0 Å². The van der Waals surface area contributed by atoms with E-state index in [-0.39, 0.29) is 33.7 Å². The highest BCUT2D eigenvalue weighted by molar-refractivity contribution is 9.10. The van der Waals surface area contributed by atoms with Gasteiger partial charge in [0.1, 0.15) is 0 Å². The predicted molar refractivity (Wildman–Crippen MR) is 117 cm³/mol. The molecule has 160 valence electrons. The van der Waals surface area contributed by atoms with Crippen molar-refractivity contribution in [2.24, 2.45) is 11.8 Å². The predicted octanol–water partition coefficient (Wildman–Crippen LogP) is 4.28. The third-order valence-corrected chi connectivity index (χ3v) is 7.79. The highest BCUT2D eigenvalue weighted by Gasteiger charge is 2.33. The quantitative estimate of drug-likeness (QED) is 0.491. The Hall–Kier alpha value is -2.30. The minimum atomic E-state index is -3.79. The van der Waals surface area contributed by atoms with Gasteiger partial charge in [0.05, 0.1) is 9.82 Å². The summed E-state index contributed by atoms with van der Waals surface area (Å²) >= 11 is 3.29. The van der Waals surface area contributed by atoms with E-state index in [4.69, 9.17) is 0 Å². The van der Waals surface area contributed by atoms with Gasteiger partial charge in [0.2, 0.25) is 10.0 Å². The molecule has 30 heavy (non-hydrogen) atoms. The number of rotatable bonds is 5. The molecule has 0 saturated carbocycles. The summed E-state index contributed by atoms with van der Waals surface area (Å²) in [5.74, 6) is -0.0508. The SMILES string of the molecule is C[C@H]1C[C@H](C)CN(S(=O)(=O)c2cc(C(=O)Nc3cccc([N+](=O)[O-])c3)ccc2Br)C1. The van der Waals surface area contributed by atoms with Gasteiger partial charge in [-0.25, -0.2) is 8.42 Å². The molecule has 1 saturated heterocycles. The fraction of sp³-hybridized carbons (Fsp3) is 0.350. The van der Waals surface area contributed by atoms with Crippen LogP contribution in [-0.2, 0) is 10.0 Å². The van der Waals surface area contributed by atoms with Gasteiger partial charge in [0.15, 0.2) is 0 Å². The maximum absolute atomic E-state index is 13.2. The van der Waals surface area contributed by atoms with Gasteiger partial charge in [-0.3, -0.25) is 14.9 Å². The van der Waals surface area contributed by atoms with E-state index in [1.54, 1.807) is 0 Å². The number of carbonyl (C=O) groups is 1. The molecule has 0 bridgehead atoms. The van der Waals surface area contributed by atoms with Gasteiger partial charge in [0.25, 0.3) is 11.6 Å². The van der Waals surface area contributed by atoms with E-state index in [9.17, 15) is 23.3 Å². The number of halogens is 1. The Morgan fingerprint density at radius 2 is 1.83 bits per heavy atom. The molecule has 3 rings (SSSR count). The van der Waals surface area contributed by atoms with Crippen LogP contribution >= 0.6 is 15.9 Å². The Labute approximate surface area is 183 Å². The number of benzene rings is 2. The number of hydrogen-bond donors (Lipinski definition) is 1. The van der Waals surface area contributed by atoms with Crippen molar-refractivity contribution in [3.63, 3.8) is 0 Å². The van der Waals surface area contributed by atoms with E-state index in [1.807, 2.05) is 13.8 Å². The number of nitrogens with one attached hydrogen (secondary N) is 1. The van der Waals surface area contributed by atoms with Crippen molar-refractivity contribution in [1.82, 2.24) is 4.31 Å². The second-order valence-corrected chi connectivity index (χ2v) is 10.4. The molecule has 2 atom stereocenters. The molecule has 0 aromatic heterocycles. The lowest BCUT2D eigenvalue weighted by Gasteiger charge is -2.34. The summed E-state index contributed by atoms with van der Waals surface area (Å²) in [5, 5.41) is 13.5. The van der Waals surface area contributed by atoms with Gasteiger partial charge in [-0.15, -0.1) is 0 Å². The highest BCUT2D eigenvalue weighted by Crippen LogP contribution is 2.31. The minimum Gasteiger partial charge on any atom is -0.322 e. The van der Waals surface area contributed by atoms with Crippen LogP contribution in [-0.4, -0.2) is 36.6 Å². The molecular formula is C20H22BrN3O5S. The first-order chi connectivity index (χ1) is 14.1. The molecule has 2 aromatic carbocycles. The van der Waals surface area contributed by atoms with E-state index in [0.717, 1.165) is 6.42 Å². The van der Waals surface area contributed by atoms with Crippen molar-refractivity contribution in [3.8, 4) is 0 Å². The van der Waals surface area contributed by atoms with Crippen LogP contribution in [0.1, 0.15) is 30.6 Å². The summed E-state index contributed by atoms with van der Waals surface area (Å²) in [6.07, 6.45) is 0.971. The zero-order valence-electron chi connectivity index (χ0n) is 16.5. The minimum absolute atomic E-state index is 0.0236. The summed E-state index contributed by atoms with van der Waals surface area (Å²) in [7, 11) is -3.79. The summed E-state index contributed by atoms with van der Waals surface area (Å²) in [6.45, 7) is 4.92. The maximum atomic E-state index is 13.2. The van der Waals surface area contributed by atoms with Crippen LogP contribution in [0.4, 0.5) is 11.4 Å². The van der Waals surface area contributed by atoms with Gasteiger partial charge in [-0.2, -0.15) is 4.31 Å². The molecule has 1 amide bonds. The normalized spacial score (nSPS) is 20.0. The molecular weight excluding hydrogens is 474 g/mol. The van der Waals surface area contributed by atoms with E-state index >= 15 is 0 Å². The molecule has 1 heterocycles. The number of nitro groups is 1. The number of amides is 1. The van der Waals surface area contributed by atoms with Gasteiger partial charge >= 0.3 is 0 Å². The van der Waals surface area contributed by atoms with Crippen molar-refractivity contribution in [1.29, 1.82) is 0 Å². The lowest BCUT2D eigenvalue weighted by molar-refractivity contribution is -0.384. The summed E-state index contributed by atoms with van der Waals surface area (Å²) in [6, 6.07) is 9.90. The molecule has 1 aliphatic heterocycles. The average molecular weight is 496 g/mol. The van der Waals surface area contributed by atoms with Crippen LogP contribution in [0.15, 0.2) is 51.8 Å². The largest absolute Gasteiger partial charge is 0.322 e. The fourth-order valence-electron chi connectivity index (χ4n) is 3.68. The third-order valence-electron chi connectivity index (χ3n) is 4.96. The lowest BCUT2D eigenvalue weighted by atomic mass is 9.94. The monoisotopic (exact) mass is 495 g/mol. The molecule has 10 heteroatoms. The van der Waals surface area contributed by atoms with E-state index in [1.165, 1.54) is 46.8 Å². The molecule has 0 unspecified atom stereocenters. The first-order valence-electron chi connectivity index (χ1n) is 9.43. The average Bonchev–Trinajstić information content (AvgIpc) is 2.67. The van der Waals surface area contributed by atoms with E-state index in [0.29, 0.717) is 17.6 Å². The molecule has 0 spiro atoms. The number of carbonyl (C=O) groups excluding carboxylic acids is 1. The number of nitrogens with zero attached hydrogens (tertiary/aromatic N) is 2. The Kier molecular flexibility index (Phi) is 6.59. The second-order valence-electron chi connectivity index (χ2n) is 7.67. The van der Waals surface area contributed by atoms with E-state index in [2.05, 4.69) is 21.2 Å². The zero-order chi connectivity index (χ0) is 22.1. The Morgan fingerprint density at radius 3 is 2.47 bits per heavy atom. The molecule has 0 aliphatic carbocycles. The van der Waals surface area contributed by atoms with Gasteiger partial charge in [0, 0.05) is 40.9 Å².